The number of benzene rings is 2. The van der Waals surface area contributed by atoms with Gasteiger partial charge in [-0.15, -0.1) is 0 Å². The predicted molar refractivity (Wildman–Crippen MR) is 87.2 cm³/mol. The Bertz CT molecular complexity index is 964. The van der Waals surface area contributed by atoms with Crippen LogP contribution in [0.3, 0.4) is 0 Å². The van der Waals surface area contributed by atoms with Crippen LogP contribution in [0, 0.1) is 0 Å². The van der Waals surface area contributed by atoms with Gasteiger partial charge in [-0.2, -0.15) is 0 Å². The van der Waals surface area contributed by atoms with E-state index in [1.807, 2.05) is 0 Å². The predicted octanol–water partition coefficient (Wildman–Crippen LogP) is 4.60. The fraction of sp³-hybridized carbons (Fsp3) is 0.133. The molecule has 0 spiro atoms. The third-order valence-electron chi connectivity index (χ3n) is 3.28. The van der Waals surface area contributed by atoms with Gasteiger partial charge >= 0.3 is 0 Å². The van der Waals surface area contributed by atoms with E-state index in [4.69, 9.17) is 27.6 Å². The molecule has 0 unspecified atom stereocenters. The summed E-state index contributed by atoms with van der Waals surface area (Å²) in [6.07, 6.45) is 0. The molecule has 0 saturated heterocycles. The monoisotopic (exact) mass is 355 g/mol. The van der Waals surface area contributed by atoms with Gasteiger partial charge in [-0.25, -0.2) is 13.4 Å². The standard InChI is InChI=1S/C15H11Cl2NO3S/c1-2-22(19,20)9-6-7-13-12(8-9)18-15(21-13)10-4-3-5-11(16)14(10)17/h3-8H,2H2,1H3. The van der Waals surface area contributed by atoms with E-state index in [2.05, 4.69) is 4.98 Å². The second kappa shape index (κ2) is 5.57. The van der Waals surface area contributed by atoms with Crippen molar-refractivity contribution in [3.63, 3.8) is 0 Å². The molecule has 0 aliphatic rings. The Morgan fingerprint density at radius 3 is 2.68 bits per heavy atom. The average Bonchev–Trinajstić information content (AvgIpc) is 2.92. The number of oxazole rings is 1. The van der Waals surface area contributed by atoms with E-state index >= 15 is 0 Å². The number of hydrogen-bond donors (Lipinski definition) is 0. The molecule has 0 aliphatic heterocycles. The van der Waals surface area contributed by atoms with Crippen LogP contribution in [0.5, 0.6) is 0 Å². The van der Waals surface area contributed by atoms with Crippen molar-refractivity contribution >= 4 is 44.1 Å². The second-order valence-electron chi connectivity index (χ2n) is 4.65. The molecule has 0 N–H and O–H groups in total. The Kier molecular flexibility index (Phi) is 3.89. The Hall–Kier alpha value is -1.56. The SMILES string of the molecule is CCS(=O)(=O)c1ccc2oc(-c3cccc(Cl)c3Cl)nc2c1. The number of sulfone groups is 1. The minimum absolute atomic E-state index is 0.0311. The Balaban J connectivity index is 2.17. The van der Waals surface area contributed by atoms with E-state index in [0.29, 0.717) is 32.6 Å². The van der Waals surface area contributed by atoms with Gasteiger partial charge < -0.3 is 4.42 Å². The maximum Gasteiger partial charge on any atom is 0.228 e. The van der Waals surface area contributed by atoms with Crippen molar-refractivity contribution < 1.29 is 12.8 Å². The molecule has 0 bridgehead atoms. The molecule has 1 aromatic heterocycles. The molecule has 2 aromatic carbocycles. The van der Waals surface area contributed by atoms with Gasteiger partial charge in [0.25, 0.3) is 0 Å². The summed E-state index contributed by atoms with van der Waals surface area (Å²) in [6, 6.07) is 9.75. The first-order valence-electron chi connectivity index (χ1n) is 6.50. The third-order valence-corrected chi connectivity index (χ3v) is 5.83. The van der Waals surface area contributed by atoms with Crippen LogP contribution < -0.4 is 0 Å². The molecule has 0 fully saturated rings. The maximum atomic E-state index is 11.9. The van der Waals surface area contributed by atoms with Crippen molar-refractivity contribution in [3.05, 3.63) is 46.4 Å². The highest BCUT2D eigenvalue weighted by atomic mass is 35.5. The fourth-order valence-corrected chi connectivity index (χ4v) is 3.33. The lowest BCUT2D eigenvalue weighted by molar-refractivity contribution is 0.597. The van der Waals surface area contributed by atoms with Crippen LogP contribution in [0.2, 0.25) is 10.0 Å². The minimum atomic E-state index is -3.29. The molecule has 1 heterocycles. The van der Waals surface area contributed by atoms with Gasteiger partial charge in [-0.1, -0.05) is 36.2 Å². The van der Waals surface area contributed by atoms with Crippen LogP contribution in [0.25, 0.3) is 22.6 Å². The Labute approximate surface area is 137 Å². The van der Waals surface area contributed by atoms with Crippen LogP contribution in [0.15, 0.2) is 45.7 Å². The molecule has 114 valence electrons. The van der Waals surface area contributed by atoms with Crippen LogP contribution in [-0.2, 0) is 9.84 Å². The van der Waals surface area contributed by atoms with E-state index < -0.39 is 9.84 Å². The van der Waals surface area contributed by atoms with Crippen molar-refractivity contribution in [1.82, 2.24) is 4.98 Å². The number of nitrogens with zero attached hydrogens (tertiary/aromatic N) is 1. The van der Waals surface area contributed by atoms with E-state index in [1.165, 1.54) is 12.1 Å². The zero-order valence-corrected chi connectivity index (χ0v) is 13.8. The molecule has 0 aliphatic carbocycles. The van der Waals surface area contributed by atoms with Gasteiger partial charge in [-0.05, 0) is 30.3 Å². The van der Waals surface area contributed by atoms with Crippen LogP contribution >= 0.6 is 23.2 Å². The highest BCUT2D eigenvalue weighted by Crippen LogP contribution is 2.34. The van der Waals surface area contributed by atoms with Crippen molar-refractivity contribution in [2.24, 2.45) is 0 Å². The van der Waals surface area contributed by atoms with Gasteiger partial charge in [0.1, 0.15) is 5.52 Å². The molecule has 0 saturated carbocycles. The maximum absolute atomic E-state index is 11.9. The molecule has 4 nitrogen and oxygen atoms in total. The number of halogens is 2. The summed E-state index contributed by atoms with van der Waals surface area (Å²) >= 11 is 12.1. The zero-order chi connectivity index (χ0) is 15.9. The smallest absolute Gasteiger partial charge is 0.228 e. The van der Waals surface area contributed by atoms with Crippen LogP contribution in [0.4, 0.5) is 0 Å². The quantitative estimate of drug-likeness (QED) is 0.688. The van der Waals surface area contributed by atoms with Gasteiger partial charge in [0.2, 0.25) is 5.89 Å². The summed E-state index contributed by atoms with van der Waals surface area (Å²) in [5.74, 6) is 0.331. The molecule has 0 atom stereocenters. The highest BCUT2D eigenvalue weighted by molar-refractivity contribution is 7.91. The first-order valence-corrected chi connectivity index (χ1v) is 8.91. The van der Waals surface area contributed by atoms with Gasteiger partial charge in [0.15, 0.2) is 15.4 Å². The van der Waals surface area contributed by atoms with Crippen molar-refractivity contribution in [2.45, 2.75) is 11.8 Å². The van der Waals surface area contributed by atoms with Gasteiger partial charge in [-0.3, -0.25) is 0 Å². The number of aromatic nitrogens is 1. The number of fused-ring (bicyclic) bond motifs is 1. The Morgan fingerprint density at radius 1 is 1.18 bits per heavy atom. The van der Waals surface area contributed by atoms with E-state index in [1.54, 1.807) is 31.2 Å². The molecule has 0 amide bonds. The average molecular weight is 356 g/mol. The number of rotatable bonds is 3. The molecule has 3 rings (SSSR count). The Morgan fingerprint density at radius 2 is 1.95 bits per heavy atom. The fourth-order valence-electron chi connectivity index (χ4n) is 2.05. The number of hydrogen-bond acceptors (Lipinski definition) is 4. The first kappa shape index (κ1) is 15.3. The summed E-state index contributed by atoms with van der Waals surface area (Å²) in [5.41, 5.74) is 1.51. The third kappa shape index (κ3) is 2.60. The molecule has 3 aromatic rings. The summed E-state index contributed by atoms with van der Waals surface area (Å²) in [5, 5.41) is 0.743. The molecule has 7 heteroatoms. The normalized spacial score (nSPS) is 12.0. The molecule has 22 heavy (non-hydrogen) atoms. The summed E-state index contributed by atoms with van der Waals surface area (Å²) in [6.45, 7) is 1.60. The topological polar surface area (TPSA) is 60.2 Å². The van der Waals surface area contributed by atoms with Crippen molar-refractivity contribution in [3.8, 4) is 11.5 Å². The van der Waals surface area contributed by atoms with Crippen molar-refractivity contribution in [1.29, 1.82) is 0 Å². The van der Waals surface area contributed by atoms with E-state index in [9.17, 15) is 8.42 Å². The summed E-state index contributed by atoms with van der Waals surface area (Å²) < 4.78 is 29.5. The lowest BCUT2D eigenvalue weighted by atomic mass is 10.2. The first-order chi connectivity index (χ1) is 10.4. The highest BCUT2D eigenvalue weighted by Gasteiger charge is 2.17. The van der Waals surface area contributed by atoms with E-state index in [-0.39, 0.29) is 10.6 Å². The van der Waals surface area contributed by atoms with Crippen LogP contribution in [0.1, 0.15) is 6.92 Å². The molecule has 0 radical (unpaired) electrons. The lowest BCUT2D eigenvalue weighted by Crippen LogP contribution is -2.03. The van der Waals surface area contributed by atoms with E-state index in [0.717, 1.165) is 0 Å². The summed E-state index contributed by atoms with van der Waals surface area (Å²) in [7, 11) is -3.29. The van der Waals surface area contributed by atoms with Crippen molar-refractivity contribution in [2.75, 3.05) is 5.75 Å². The second-order valence-corrected chi connectivity index (χ2v) is 7.72. The van der Waals surface area contributed by atoms with Gasteiger partial charge in [0, 0.05) is 0 Å². The molecular weight excluding hydrogens is 345 g/mol. The zero-order valence-electron chi connectivity index (χ0n) is 11.5. The molecular formula is C15H11Cl2NO3S. The van der Waals surface area contributed by atoms with Gasteiger partial charge in [0.05, 0.1) is 26.3 Å². The largest absolute Gasteiger partial charge is 0.436 e. The summed E-state index contributed by atoms with van der Waals surface area (Å²) in [4.78, 5) is 4.54. The minimum Gasteiger partial charge on any atom is -0.436 e. The van der Waals surface area contributed by atoms with Crippen LogP contribution in [-0.4, -0.2) is 19.2 Å². The lowest BCUT2D eigenvalue weighted by Gasteiger charge is -2.00.